The van der Waals surface area contributed by atoms with Gasteiger partial charge in [0.1, 0.15) is 0 Å². The molecule has 2 aromatic rings. The minimum Gasteiger partial charge on any atom is -0.466 e. The summed E-state index contributed by atoms with van der Waals surface area (Å²) >= 11 is 7.87. The van der Waals surface area contributed by atoms with Crippen LogP contribution in [0.15, 0.2) is 24.5 Å². The maximum Gasteiger partial charge on any atom is 0.311 e. The van der Waals surface area contributed by atoms with Crippen LogP contribution in [0.3, 0.4) is 0 Å². The minimum atomic E-state index is -0.221. The number of nitrogens with one attached hydrogen (secondary N) is 3. The number of carbonyl (C=O) groups excluding carboxylic acids is 1. The van der Waals surface area contributed by atoms with Gasteiger partial charge in [0.15, 0.2) is 5.13 Å². The van der Waals surface area contributed by atoms with Crippen molar-refractivity contribution in [3.8, 4) is 0 Å². The number of aromatic nitrogens is 2. The summed E-state index contributed by atoms with van der Waals surface area (Å²) in [5.41, 5.74) is 7.77. The Balaban J connectivity index is 1.40. The van der Waals surface area contributed by atoms with E-state index in [-0.39, 0.29) is 18.6 Å². The third kappa shape index (κ3) is 4.30. The first-order valence-electron chi connectivity index (χ1n) is 9.62. The van der Waals surface area contributed by atoms with Gasteiger partial charge in [0.25, 0.3) is 0 Å². The van der Waals surface area contributed by atoms with E-state index < -0.39 is 0 Å². The van der Waals surface area contributed by atoms with Gasteiger partial charge in [-0.2, -0.15) is 0 Å². The molecule has 0 amide bonds. The Kier molecular flexibility index (Phi) is 6.10. The Morgan fingerprint density at radius 2 is 2.29 bits per heavy atom. The second-order valence-corrected chi connectivity index (χ2v) is 8.70. The fraction of sp³-hybridized carbons (Fsp3) is 0.526. The number of ether oxygens (including phenoxy) is 1. The van der Waals surface area contributed by atoms with Crippen molar-refractivity contribution in [2.75, 3.05) is 11.9 Å². The van der Waals surface area contributed by atoms with Crippen LogP contribution < -0.4 is 16.2 Å². The smallest absolute Gasteiger partial charge is 0.311 e. The number of carbonyl (C=O) groups is 1. The van der Waals surface area contributed by atoms with Gasteiger partial charge in [-0.05, 0) is 38.3 Å². The predicted octanol–water partition coefficient (Wildman–Crippen LogP) is 3.10. The van der Waals surface area contributed by atoms with Crippen molar-refractivity contribution in [1.82, 2.24) is 20.8 Å². The lowest BCUT2D eigenvalue weighted by atomic mass is 9.76. The number of hydrogen-bond donors (Lipinski definition) is 3. The van der Waals surface area contributed by atoms with E-state index in [9.17, 15) is 4.79 Å². The summed E-state index contributed by atoms with van der Waals surface area (Å²) in [5, 5.41) is 5.03. The van der Waals surface area contributed by atoms with Gasteiger partial charge >= 0.3 is 5.97 Å². The summed E-state index contributed by atoms with van der Waals surface area (Å²) in [4.78, 5) is 21.5. The van der Waals surface area contributed by atoms with Gasteiger partial charge < -0.3 is 10.1 Å². The number of pyridine rings is 1. The molecule has 2 aliphatic rings. The highest BCUT2D eigenvalue weighted by molar-refractivity contribution is 7.15. The second-order valence-electron chi connectivity index (χ2n) is 7.17. The van der Waals surface area contributed by atoms with E-state index in [1.54, 1.807) is 6.20 Å². The largest absolute Gasteiger partial charge is 0.466 e. The quantitative estimate of drug-likeness (QED) is 0.617. The van der Waals surface area contributed by atoms with Crippen LogP contribution in [0.4, 0.5) is 5.13 Å². The van der Waals surface area contributed by atoms with E-state index in [0.29, 0.717) is 24.5 Å². The van der Waals surface area contributed by atoms with Gasteiger partial charge in [-0.25, -0.2) is 10.4 Å². The molecule has 1 saturated heterocycles. The fourth-order valence-corrected chi connectivity index (χ4v) is 5.20. The molecular weight excluding hydrogens is 398 g/mol. The number of esters is 1. The van der Waals surface area contributed by atoms with E-state index >= 15 is 0 Å². The lowest BCUT2D eigenvalue weighted by Crippen LogP contribution is -2.38. The molecule has 2 fully saturated rings. The van der Waals surface area contributed by atoms with Crippen molar-refractivity contribution in [2.45, 2.75) is 50.7 Å². The molecule has 0 spiro atoms. The van der Waals surface area contributed by atoms with E-state index in [1.165, 1.54) is 11.3 Å². The first-order chi connectivity index (χ1) is 13.6. The Morgan fingerprint density at radius 1 is 1.39 bits per heavy atom. The molecule has 1 aliphatic carbocycles. The maximum atomic E-state index is 11.6. The molecule has 0 radical (unpaired) electrons. The lowest BCUT2D eigenvalue weighted by Gasteiger charge is -2.33. The molecular formula is C19H24ClN5O2S. The molecule has 28 heavy (non-hydrogen) atoms. The van der Waals surface area contributed by atoms with Crippen LogP contribution in [0, 0.1) is 5.92 Å². The zero-order chi connectivity index (χ0) is 19.5. The molecule has 3 N–H and O–H groups in total. The van der Waals surface area contributed by atoms with Gasteiger partial charge in [0.05, 0.1) is 29.9 Å². The highest BCUT2D eigenvalue weighted by Gasteiger charge is 2.41. The molecule has 0 aromatic carbocycles. The molecule has 150 valence electrons. The van der Waals surface area contributed by atoms with E-state index in [4.69, 9.17) is 16.3 Å². The Labute approximate surface area is 173 Å². The third-order valence-corrected chi connectivity index (χ3v) is 6.63. The highest BCUT2D eigenvalue weighted by Crippen LogP contribution is 2.41. The number of hydrogen-bond acceptors (Lipinski definition) is 8. The number of hydrazine groups is 1. The summed E-state index contributed by atoms with van der Waals surface area (Å²) in [6.07, 6.45) is 7.02. The van der Waals surface area contributed by atoms with Crippen LogP contribution >= 0.6 is 22.9 Å². The van der Waals surface area contributed by atoms with Gasteiger partial charge in [-0.1, -0.05) is 11.6 Å². The molecule has 4 rings (SSSR count). The van der Waals surface area contributed by atoms with Crippen molar-refractivity contribution < 1.29 is 9.53 Å². The van der Waals surface area contributed by atoms with E-state index in [2.05, 4.69) is 26.1 Å². The second kappa shape index (κ2) is 8.73. The van der Waals surface area contributed by atoms with Gasteiger partial charge in [0.2, 0.25) is 0 Å². The van der Waals surface area contributed by atoms with Crippen LogP contribution in [0.1, 0.15) is 42.7 Å². The van der Waals surface area contributed by atoms with Crippen molar-refractivity contribution in [3.63, 3.8) is 0 Å². The molecule has 7 nitrogen and oxygen atoms in total. The van der Waals surface area contributed by atoms with Crippen LogP contribution in [0.2, 0.25) is 5.02 Å². The molecule has 4 unspecified atom stereocenters. The van der Waals surface area contributed by atoms with E-state index in [0.717, 1.165) is 40.0 Å². The number of fused-ring (bicyclic) bond motifs is 1. The summed E-state index contributed by atoms with van der Waals surface area (Å²) < 4.78 is 5.00. The molecule has 1 aliphatic heterocycles. The van der Waals surface area contributed by atoms with Crippen LogP contribution in [0.25, 0.3) is 0 Å². The molecule has 2 aromatic heterocycles. The number of halogens is 1. The van der Waals surface area contributed by atoms with E-state index in [1.807, 2.05) is 25.3 Å². The lowest BCUT2D eigenvalue weighted by molar-refractivity contribution is -0.142. The average Bonchev–Trinajstić information content (AvgIpc) is 3.29. The monoisotopic (exact) mass is 421 g/mol. The van der Waals surface area contributed by atoms with Gasteiger partial charge in [-0.3, -0.25) is 15.2 Å². The van der Waals surface area contributed by atoms with Gasteiger partial charge in [-0.15, -0.1) is 11.3 Å². The molecule has 1 saturated carbocycles. The SMILES string of the molecule is CCOC(=O)Cc1cnc(NC2NNC3CCC(c4ncccc4Cl)CC32)s1. The van der Waals surface area contributed by atoms with Crippen molar-refractivity contribution >= 4 is 34.0 Å². The first kappa shape index (κ1) is 19.6. The standard InChI is InChI=1S/C19H24ClN5O2S/c1-2-27-16(26)9-12-10-22-19(28-12)23-18-13-8-11(5-6-15(13)24-25-18)17-14(20)4-3-7-21-17/h3-4,7,10-11,13,15,18,24-25H,2,5-6,8-9H2,1H3,(H,22,23). The highest BCUT2D eigenvalue weighted by atomic mass is 35.5. The maximum absolute atomic E-state index is 11.6. The third-order valence-electron chi connectivity index (χ3n) is 5.38. The number of nitrogens with zero attached hydrogens (tertiary/aromatic N) is 2. The van der Waals surface area contributed by atoms with Crippen molar-refractivity contribution in [1.29, 1.82) is 0 Å². The number of thiazole rings is 1. The topological polar surface area (TPSA) is 88.2 Å². The van der Waals surface area contributed by atoms with Crippen LogP contribution in [-0.4, -0.2) is 34.8 Å². The Morgan fingerprint density at radius 3 is 3.11 bits per heavy atom. The number of anilines is 1. The zero-order valence-corrected chi connectivity index (χ0v) is 17.2. The summed E-state index contributed by atoms with van der Waals surface area (Å²) in [6, 6.07) is 4.20. The van der Waals surface area contributed by atoms with Crippen molar-refractivity contribution in [2.24, 2.45) is 5.92 Å². The van der Waals surface area contributed by atoms with Crippen molar-refractivity contribution in [3.05, 3.63) is 40.1 Å². The van der Waals surface area contributed by atoms with Gasteiger partial charge in [0, 0.05) is 35.1 Å². The average molecular weight is 422 g/mol. The zero-order valence-electron chi connectivity index (χ0n) is 15.7. The Bertz CT molecular complexity index is 832. The summed E-state index contributed by atoms with van der Waals surface area (Å²) in [7, 11) is 0. The molecule has 9 heteroatoms. The Hall–Kier alpha value is -1.74. The predicted molar refractivity (Wildman–Crippen MR) is 109 cm³/mol. The molecule has 0 bridgehead atoms. The molecule has 3 heterocycles. The minimum absolute atomic E-state index is 0.0666. The molecule has 4 atom stereocenters. The summed E-state index contributed by atoms with van der Waals surface area (Å²) in [6.45, 7) is 2.20. The number of rotatable bonds is 6. The van der Waals surface area contributed by atoms with Crippen LogP contribution in [0.5, 0.6) is 0 Å². The normalized spacial score (nSPS) is 26.6. The van der Waals surface area contributed by atoms with Crippen LogP contribution in [-0.2, 0) is 16.0 Å². The fourth-order valence-electron chi connectivity index (χ4n) is 4.09. The summed E-state index contributed by atoms with van der Waals surface area (Å²) in [5.74, 6) is 0.534. The first-order valence-corrected chi connectivity index (χ1v) is 10.8.